The van der Waals surface area contributed by atoms with E-state index in [9.17, 15) is 4.57 Å². The minimum absolute atomic E-state index is 0.167. The van der Waals surface area contributed by atoms with E-state index < -0.39 is 7.82 Å². The number of hydrogen-bond acceptors (Lipinski definition) is 2. The Balaban J connectivity index is 0.000000366. The Morgan fingerprint density at radius 1 is 1.06 bits per heavy atom. The van der Waals surface area contributed by atoms with Crippen LogP contribution in [-0.4, -0.2) is 9.79 Å². The number of unbranched alkanes of at least 4 members (excludes halogenated alkanes) is 3. The molecule has 0 heterocycles. The highest BCUT2D eigenvalue weighted by atomic mass is 31.2. The zero-order valence-corrected chi connectivity index (χ0v) is 11.3. The molecule has 0 aliphatic heterocycles. The number of benzene rings is 1. The van der Waals surface area contributed by atoms with Crippen LogP contribution in [0.3, 0.4) is 0 Å². The Kier molecular flexibility index (Phi) is 8.78. The molecule has 0 saturated heterocycles. The van der Waals surface area contributed by atoms with E-state index in [0.29, 0.717) is 0 Å². The van der Waals surface area contributed by atoms with Crippen LogP contribution in [0.2, 0.25) is 0 Å². The molecule has 0 aliphatic carbocycles. The Morgan fingerprint density at radius 2 is 1.53 bits per heavy atom. The molecule has 0 aliphatic rings. The minimum Gasteiger partial charge on any atom is -0.404 e. The molecule has 5 heteroatoms. The molecule has 0 spiro atoms. The van der Waals surface area contributed by atoms with E-state index in [2.05, 4.69) is 18.4 Å². The quantitative estimate of drug-likeness (QED) is 0.625. The van der Waals surface area contributed by atoms with E-state index in [-0.39, 0.29) is 5.75 Å². The molecule has 0 unspecified atom stereocenters. The summed E-state index contributed by atoms with van der Waals surface area (Å²) in [6.45, 7) is 4.46. The number of phosphoric ester groups is 1. The Labute approximate surface area is 103 Å². The van der Waals surface area contributed by atoms with Gasteiger partial charge >= 0.3 is 7.82 Å². The lowest BCUT2D eigenvalue weighted by molar-refractivity contribution is 0.283. The molecule has 0 saturated carbocycles. The van der Waals surface area contributed by atoms with Crippen molar-refractivity contribution in [1.82, 2.24) is 0 Å². The molecule has 0 atom stereocenters. The van der Waals surface area contributed by atoms with Gasteiger partial charge in [0, 0.05) is 0 Å². The smallest absolute Gasteiger partial charge is 0.404 e. The first-order chi connectivity index (χ1) is 7.99. The molecule has 4 nitrogen and oxygen atoms in total. The number of hydrogen-bond donors (Lipinski definition) is 2. The van der Waals surface area contributed by atoms with E-state index >= 15 is 0 Å². The molecule has 1 aromatic carbocycles. The van der Waals surface area contributed by atoms with Gasteiger partial charge in [-0.15, -0.1) is 0 Å². The SMILES string of the molecule is CCCCCC.O=P(O)(O)Oc1ccccc1. The van der Waals surface area contributed by atoms with Gasteiger partial charge in [-0.1, -0.05) is 57.7 Å². The van der Waals surface area contributed by atoms with Gasteiger partial charge in [0.05, 0.1) is 0 Å². The fourth-order valence-corrected chi connectivity index (χ4v) is 1.52. The van der Waals surface area contributed by atoms with Gasteiger partial charge in [-0.25, -0.2) is 4.57 Å². The summed E-state index contributed by atoms with van der Waals surface area (Å²) in [7, 11) is -4.39. The summed E-state index contributed by atoms with van der Waals surface area (Å²) in [6.07, 6.45) is 5.54. The summed E-state index contributed by atoms with van der Waals surface area (Å²) in [6, 6.07) is 7.93. The van der Waals surface area contributed by atoms with Crippen LogP contribution in [0.15, 0.2) is 30.3 Å². The number of para-hydroxylation sites is 1. The van der Waals surface area contributed by atoms with Gasteiger partial charge in [0.25, 0.3) is 0 Å². The normalized spacial score (nSPS) is 10.4. The fourth-order valence-electron chi connectivity index (χ4n) is 1.12. The van der Waals surface area contributed by atoms with E-state index in [1.807, 2.05) is 0 Å². The molecule has 98 valence electrons. The fraction of sp³-hybridized carbons (Fsp3) is 0.500. The van der Waals surface area contributed by atoms with Crippen LogP contribution < -0.4 is 4.52 Å². The second-order valence-electron chi connectivity index (χ2n) is 3.60. The van der Waals surface area contributed by atoms with Gasteiger partial charge in [0.15, 0.2) is 0 Å². The van der Waals surface area contributed by atoms with Crippen molar-refractivity contribution in [3.05, 3.63) is 30.3 Å². The van der Waals surface area contributed by atoms with Gasteiger partial charge < -0.3 is 4.52 Å². The third-order valence-corrected chi connectivity index (χ3v) is 2.37. The van der Waals surface area contributed by atoms with Crippen molar-refractivity contribution in [3.8, 4) is 5.75 Å². The Bertz CT molecular complexity index is 317. The maximum absolute atomic E-state index is 10.3. The van der Waals surface area contributed by atoms with Crippen LogP contribution in [0.1, 0.15) is 39.5 Å². The molecular weight excluding hydrogens is 239 g/mol. The lowest BCUT2D eigenvalue weighted by Crippen LogP contribution is -1.88. The van der Waals surface area contributed by atoms with Gasteiger partial charge in [-0.05, 0) is 12.1 Å². The topological polar surface area (TPSA) is 66.8 Å². The first-order valence-corrected chi connectivity index (χ1v) is 7.32. The highest BCUT2D eigenvalue weighted by Crippen LogP contribution is 2.36. The first kappa shape index (κ1) is 16.2. The molecule has 2 N–H and O–H groups in total. The number of phosphoric acid groups is 1. The van der Waals surface area contributed by atoms with Gasteiger partial charge in [-0.2, -0.15) is 0 Å². The van der Waals surface area contributed by atoms with E-state index in [1.54, 1.807) is 18.2 Å². The van der Waals surface area contributed by atoms with Gasteiger partial charge in [-0.3, -0.25) is 9.79 Å². The molecule has 1 rings (SSSR count). The summed E-state index contributed by atoms with van der Waals surface area (Å²) in [5, 5.41) is 0. The predicted molar refractivity (Wildman–Crippen MR) is 68.9 cm³/mol. The lowest BCUT2D eigenvalue weighted by Gasteiger charge is -2.04. The Morgan fingerprint density at radius 3 is 1.88 bits per heavy atom. The molecule has 0 aromatic heterocycles. The van der Waals surface area contributed by atoms with Crippen molar-refractivity contribution in [2.45, 2.75) is 39.5 Å². The largest absolute Gasteiger partial charge is 0.524 e. The number of rotatable bonds is 5. The van der Waals surface area contributed by atoms with Crippen LogP contribution in [0.25, 0.3) is 0 Å². The van der Waals surface area contributed by atoms with Crippen molar-refractivity contribution in [3.63, 3.8) is 0 Å². The summed E-state index contributed by atoms with van der Waals surface area (Å²) in [5.74, 6) is 0.167. The second-order valence-corrected chi connectivity index (χ2v) is 4.77. The highest BCUT2D eigenvalue weighted by Gasteiger charge is 2.14. The summed E-state index contributed by atoms with van der Waals surface area (Å²) < 4.78 is 14.5. The molecule has 17 heavy (non-hydrogen) atoms. The van der Waals surface area contributed by atoms with E-state index in [4.69, 9.17) is 9.79 Å². The summed E-state index contributed by atoms with van der Waals surface area (Å²) >= 11 is 0. The van der Waals surface area contributed by atoms with Crippen LogP contribution in [-0.2, 0) is 4.57 Å². The standard InChI is InChI=1S/C6H7O4P.C6H14/c7-11(8,9)10-6-4-2-1-3-5-6;1-3-5-6-4-2/h1-5H,(H2,7,8,9);3-6H2,1-2H3. The third kappa shape index (κ3) is 11.4. The van der Waals surface area contributed by atoms with Crippen LogP contribution in [0.5, 0.6) is 5.75 Å². The zero-order valence-electron chi connectivity index (χ0n) is 10.4. The van der Waals surface area contributed by atoms with Crippen molar-refractivity contribution in [2.75, 3.05) is 0 Å². The zero-order chi connectivity index (χ0) is 13.1. The Hall–Kier alpha value is -0.830. The lowest BCUT2D eigenvalue weighted by atomic mass is 10.2. The van der Waals surface area contributed by atoms with Crippen LogP contribution in [0.4, 0.5) is 0 Å². The molecule has 0 fully saturated rings. The maximum Gasteiger partial charge on any atom is 0.524 e. The van der Waals surface area contributed by atoms with Gasteiger partial charge in [0.2, 0.25) is 0 Å². The molecule has 1 aromatic rings. The first-order valence-electron chi connectivity index (χ1n) is 5.79. The third-order valence-electron chi connectivity index (χ3n) is 1.92. The van der Waals surface area contributed by atoms with Crippen LogP contribution >= 0.6 is 7.82 Å². The second kappa shape index (κ2) is 9.23. The predicted octanol–water partition coefficient (Wildman–Crippen LogP) is 3.74. The molecular formula is C12H21O4P. The van der Waals surface area contributed by atoms with Crippen molar-refractivity contribution in [2.24, 2.45) is 0 Å². The molecule has 0 bridgehead atoms. The summed E-state index contributed by atoms with van der Waals surface area (Å²) in [4.78, 5) is 16.7. The van der Waals surface area contributed by atoms with Crippen molar-refractivity contribution in [1.29, 1.82) is 0 Å². The minimum atomic E-state index is -4.39. The monoisotopic (exact) mass is 260 g/mol. The average Bonchev–Trinajstić information content (AvgIpc) is 2.26. The van der Waals surface area contributed by atoms with Gasteiger partial charge in [0.1, 0.15) is 5.75 Å². The highest BCUT2D eigenvalue weighted by molar-refractivity contribution is 7.46. The van der Waals surface area contributed by atoms with Crippen molar-refractivity contribution >= 4 is 7.82 Å². The summed E-state index contributed by atoms with van der Waals surface area (Å²) in [5.41, 5.74) is 0. The van der Waals surface area contributed by atoms with Crippen molar-refractivity contribution < 1.29 is 18.9 Å². The molecule has 0 amide bonds. The maximum atomic E-state index is 10.3. The van der Waals surface area contributed by atoms with Crippen LogP contribution in [0, 0.1) is 0 Å². The molecule has 0 radical (unpaired) electrons. The van der Waals surface area contributed by atoms with E-state index in [0.717, 1.165) is 0 Å². The average molecular weight is 260 g/mol. The van der Waals surface area contributed by atoms with E-state index in [1.165, 1.54) is 37.8 Å².